The zero-order valence-corrected chi connectivity index (χ0v) is 10.4. The maximum Gasteiger partial charge on any atom is 0.116 e. The highest BCUT2D eigenvalue weighted by atomic mass is 35.5. The van der Waals surface area contributed by atoms with E-state index in [0.717, 1.165) is 25.1 Å². The molecule has 1 unspecified atom stereocenters. The molecular formula is C11H15ClN2S. The second-order valence-electron chi connectivity index (χ2n) is 3.86. The van der Waals surface area contributed by atoms with Crippen LogP contribution in [-0.2, 0) is 12.8 Å². The smallest absolute Gasteiger partial charge is 0.116 e. The minimum Gasteiger partial charge on any atom is -0.241 e. The van der Waals surface area contributed by atoms with Crippen molar-refractivity contribution < 1.29 is 0 Å². The second-order valence-corrected chi connectivity index (χ2v) is 5.67. The first-order valence-corrected chi connectivity index (χ1v) is 6.78. The molecule has 0 aliphatic heterocycles. The van der Waals surface area contributed by atoms with Crippen molar-refractivity contribution in [3.8, 4) is 0 Å². The van der Waals surface area contributed by atoms with E-state index in [-0.39, 0.29) is 0 Å². The fraction of sp³-hybridized carbons (Fsp3) is 0.636. The van der Waals surface area contributed by atoms with Crippen LogP contribution in [0.3, 0.4) is 0 Å². The zero-order valence-electron chi connectivity index (χ0n) is 8.87. The minimum absolute atomic E-state index is 0.544. The van der Waals surface area contributed by atoms with Crippen molar-refractivity contribution in [3.05, 3.63) is 17.6 Å². The Bertz CT molecular complexity index is 343. The van der Waals surface area contributed by atoms with Crippen LogP contribution in [0.2, 0.25) is 0 Å². The van der Waals surface area contributed by atoms with Gasteiger partial charge in [-0.3, -0.25) is 0 Å². The monoisotopic (exact) mass is 242 g/mol. The van der Waals surface area contributed by atoms with E-state index in [0.29, 0.717) is 5.25 Å². The lowest BCUT2D eigenvalue weighted by Gasteiger charge is -2.10. The van der Waals surface area contributed by atoms with E-state index in [2.05, 4.69) is 16.9 Å². The predicted molar refractivity (Wildman–Crippen MR) is 64.7 cm³/mol. The van der Waals surface area contributed by atoms with Crippen LogP contribution in [0.5, 0.6) is 0 Å². The van der Waals surface area contributed by atoms with Crippen LogP contribution in [0.25, 0.3) is 0 Å². The zero-order chi connectivity index (χ0) is 10.7. The summed E-state index contributed by atoms with van der Waals surface area (Å²) < 4.78 is 0. The van der Waals surface area contributed by atoms with Crippen molar-refractivity contribution in [2.45, 2.75) is 42.9 Å². The van der Waals surface area contributed by atoms with Crippen LogP contribution < -0.4 is 0 Å². The summed E-state index contributed by atoms with van der Waals surface area (Å²) in [5, 5.41) is 1.72. The molecule has 15 heavy (non-hydrogen) atoms. The quantitative estimate of drug-likeness (QED) is 0.461. The molecule has 2 nitrogen and oxygen atoms in total. The highest BCUT2D eigenvalue weighted by Gasteiger charge is 2.18. The van der Waals surface area contributed by atoms with Gasteiger partial charge >= 0.3 is 0 Å². The van der Waals surface area contributed by atoms with Gasteiger partial charge in [0.2, 0.25) is 0 Å². The summed E-state index contributed by atoms with van der Waals surface area (Å²) in [6.07, 6.45) is 6.22. The van der Waals surface area contributed by atoms with Crippen molar-refractivity contribution in [1.82, 2.24) is 9.97 Å². The van der Waals surface area contributed by atoms with Crippen molar-refractivity contribution in [1.29, 1.82) is 0 Å². The number of hydrogen-bond donors (Lipinski definition) is 0. The highest BCUT2D eigenvalue weighted by molar-refractivity contribution is 7.99. The Morgan fingerprint density at radius 1 is 1.47 bits per heavy atom. The van der Waals surface area contributed by atoms with E-state index < -0.39 is 0 Å². The summed E-state index contributed by atoms with van der Waals surface area (Å²) >= 11 is 7.57. The molecule has 1 aliphatic carbocycles. The predicted octanol–water partition coefficient (Wildman–Crippen LogP) is 3.07. The van der Waals surface area contributed by atoms with Gasteiger partial charge in [0.1, 0.15) is 11.4 Å². The number of halogens is 1. The summed E-state index contributed by atoms with van der Waals surface area (Å²) in [6.45, 7) is 2.20. The summed E-state index contributed by atoms with van der Waals surface area (Å²) in [7, 11) is 0. The molecule has 2 rings (SSSR count). The van der Waals surface area contributed by atoms with Gasteiger partial charge in [-0.15, -0.1) is 23.4 Å². The Morgan fingerprint density at radius 3 is 3.13 bits per heavy atom. The van der Waals surface area contributed by atoms with Gasteiger partial charge in [0.05, 0.1) is 0 Å². The first kappa shape index (κ1) is 11.2. The molecule has 82 valence electrons. The van der Waals surface area contributed by atoms with Gasteiger partial charge < -0.3 is 0 Å². The molecule has 0 fully saturated rings. The van der Waals surface area contributed by atoms with Crippen molar-refractivity contribution in [3.63, 3.8) is 0 Å². The minimum atomic E-state index is 0.544. The molecule has 1 aliphatic rings. The molecule has 1 aromatic heterocycles. The first-order valence-electron chi connectivity index (χ1n) is 5.36. The largest absolute Gasteiger partial charge is 0.241 e. The average molecular weight is 243 g/mol. The van der Waals surface area contributed by atoms with Gasteiger partial charge in [-0.1, -0.05) is 6.92 Å². The lowest BCUT2D eigenvalue weighted by atomic mass is 10.3. The van der Waals surface area contributed by atoms with Crippen LogP contribution in [0, 0.1) is 0 Å². The molecule has 1 aromatic rings. The van der Waals surface area contributed by atoms with Gasteiger partial charge in [0.25, 0.3) is 0 Å². The van der Waals surface area contributed by atoms with Gasteiger partial charge in [-0.2, -0.15) is 0 Å². The number of nitrogens with zero attached hydrogens (tertiary/aromatic N) is 2. The van der Waals surface area contributed by atoms with E-state index >= 15 is 0 Å². The summed E-state index contributed by atoms with van der Waals surface area (Å²) in [5.41, 5.74) is 2.63. The SMILES string of the molecule is CC(CCCl)Sc1ncnc2c1CCC2. The number of hydrogen-bond acceptors (Lipinski definition) is 3. The Hall–Kier alpha value is -0.280. The van der Waals surface area contributed by atoms with Crippen molar-refractivity contribution in [2.75, 3.05) is 5.88 Å². The molecule has 4 heteroatoms. The summed E-state index contributed by atoms with van der Waals surface area (Å²) in [4.78, 5) is 8.70. The normalized spacial score (nSPS) is 16.4. The Kier molecular flexibility index (Phi) is 3.87. The number of aryl methyl sites for hydroxylation is 1. The third-order valence-corrected chi connectivity index (χ3v) is 4.10. The molecule has 0 saturated heterocycles. The Balaban J connectivity index is 2.11. The van der Waals surface area contributed by atoms with Crippen LogP contribution in [0.4, 0.5) is 0 Å². The van der Waals surface area contributed by atoms with Gasteiger partial charge in [-0.25, -0.2) is 9.97 Å². The lowest BCUT2D eigenvalue weighted by Crippen LogP contribution is -2.01. The fourth-order valence-corrected chi connectivity index (χ4v) is 3.38. The number of thioether (sulfide) groups is 1. The standard InChI is InChI=1S/C11H15ClN2S/c1-8(5-6-12)15-11-9-3-2-4-10(9)13-7-14-11/h7-8H,2-6H2,1H3. The molecule has 0 amide bonds. The molecule has 1 atom stereocenters. The number of rotatable bonds is 4. The molecule has 0 saturated carbocycles. The molecule has 0 aromatic carbocycles. The molecule has 0 radical (unpaired) electrons. The van der Waals surface area contributed by atoms with Gasteiger partial charge in [0.15, 0.2) is 0 Å². The maximum absolute atomic E-state index is 5.73. The van der Waals surface area contributed by atoms with Gasteiger partial charge in [-0.05, 0) is 25.7 Å². The maximum atomic E-state index is 5.73. The molecule has 0 bridgehead atoms. The molecule has 0 spiro atoms. The summed E-state index contributed by atoms with van der Waals surface area (Å²) in [6, 6.07) is 0. The number of fused-ring (bicyclic) bond motifs is 1. The van der Waals surface area contributed by atoms with E-state index in [1.165, 1.54) is 22.7 Å². The van der Waals surface area contributed by atoms with E-state index in [9.17, 15) is 0 Å². The van der Waals surface area contributed by atoms with Crippen LogP contribution in [0.1, 0.15) is 31.0 Å². The Morgan fingerprint density at radius 2 is 2.33 bits per heavy atom. The lowest BCUT2D eigenvalue weighted by molar-refractivity contribution is 0.887. The molecular weight excluding hydrogens is 228 g/mol. The Labute approximate surface area is 99.8 Å². The number of alkyl halides is 1. The third kappa shape index (κ3) is 2.64. The molecule has 0 N–H and O–H groups in total. The van der Waals surface area contributed by atoms with Crippen LogP contribution in [-0.4, -0.2) is 21.1 Å². The fourth-order valence-electron chi connectivity index (χ4n) is 1.83. The average Bonchev–Trinajstić information content (AvgIpc) is 2.67. The van der Waals surface area contributed by atoms with Gasteiger partial charge in [0, 0.05) is 22.4 Å². The first-order chi connectivity index (χ1) is 7.31. The van der Waals surface area contributed by atoms with E-state index in [1.807, 2.05) is 11.8 Å². The molecule has 1 heterocycles. The highest BCUT2D eigenvalue weighted by Crippen LogP contribution is 2.31. The van der Waals surface area contributed by atoms with Crippen LogP contribution >= 0.6 is 23.4 Å². The topological polar surface area (TPSA) is 25.8 Å². The van der Waals surface area contributed by atoms with E-state index in [4.69, 9.17) is 11.6 Å². The number of aromatic nitrogens is 2. The second kappa shape index (κ2) is 5.17. The third-order valence-electron chi connectivity index (χ3n) is 2.66. The van der Waals surface area contributed by atoms with Crippen molar-refractivity contribution >= 4 is 23.4 Å². The van der Waals surface area contributed by atoms with E-state index in [1.54, 1.807) is 6.33 Å². The van der Waals surface area contributed by atoms with Crippen LogP contribution in [0.15, 0.2) is 11.4 Å². The van der Waals surface area contributed by atoms with Crippen molar-refractivity contribution in [2.24, 2.45) is 0 Å². The summed E-state index contributed by atoms with van der Waals surface area (Å²) in [5.74, 6) is 0.724.